The van der Waals surface area contributed by atoms with Crippen LogP contribution in [0.4, 0.5) is 0 Å². The molecular weight excluding hydrogens is 312 g/mol. The molecular formula is C21H20N2O2. The van der Waals surface area contributed by atoms with Crippen LogP contribution in [0.3, 0.4) is 0 Å². The molecule has 25 heavy (non-hydrogen) atoms. The van der Waals surface area contributed by atoms with Crippen LogP contribution in [0, 0.1) is 25.2 Å². The molecule has 0 fully saturated rings. The first-order valence-electron chi connectivity index (χ1n) is 8.18. The molecule has 1 aromatic heterocycles. The Hall–Kier alpha value is -3.06. The summed E-state index contributed by atoms with van der Waals surface area (Å²) in [6, 6.07) is 17.6. The van der Waals surface area contributed by atoms with Crippen LogP contribution in [0.2, 0.25) is 0 Å². The fourth-order valence-electron chi connectivity index (χ4n) is 3.00. The van der Waals surface area contributed by atoms with Gasteiger partial charge in [-0.1, -0.05) is 30.3 Å². The van der Waals surface area contributed by atoms with Crippen molar-refractivity contribution < 1.29 is 9.53 Å². The number of ketones is 1. The van der Waals surface area contributed by atoms with Gasteiger partial charge in [0.15, 0.2) is 5.78 Å². The molecule has 1 atom stereocenters. The Bertz CT molecular complexity index is 979. The number of fused-ring (bicyclic) bond motifs is 1. The summed E-state index contributed by atoms with van der Waals surface area (Å²) < 4.78 is 7.59. The molecule has 0 bridgehead atoms. The fraction of sp³-hybridized carbons (Fsp3) is 0.238. The first kappa shape index (κ1) is 16.8. The number of aryl methyl sites for hydroxylation is 2. The number of para-hydroxylation sites is 1. The first-order valence-corrected chi connectivity index (χ1v) is 8.18. The molecule has 0 aliphatic rings. The monoisotopic (exact) mass is 332 g/mol. The molecule has 0 N–H and O–H groups in total. The lowest BCUT2D eigenvalue weighted by Gasteiger charge is -2.13. The second-order valence-electron chi connectivity index (χ2n) is 6.20. The maximum absolute atomic E-state index is 12.6. The third kappa shape index (κ3) is 3.14. The molecule has 2 aromatic carbocycles. The second kappa shape index (κ2) is 6.82. The Labute approximate surface area is 147 Å². The number of aromatic nitrogens is 1. The van der Waals surface area contributed by atoms with Crippen LogP contribution < -0.4 is 4.74 Å². The quantitative estimate of drug-likeness (QED) is 0.708. The predicted octanol–water partition coefficient (Wildman–Crippen LogP) is 4.05. The van der Waals surface area contributed by atoms with Crippen LogP contribution in [0.5, 0.6) is 5.75 Å². The standard InChI is InChI=1S/C21H20N2O2/c1-14-7-6-10-21(15(14)2)25-13-20(24)17(12-22)19-11-16-8-4-5-9-18(16)23(19)3/h4-11,17H,13H2,1-3H3. The van der Waals surface area contributed by atoms with Crippen molar-refractivity contribution in [3.63, 3.8) is 0 Å². The van der Waals surface area contributed by atoms with Gasteiger partial charge in [0.2, 0.25) is 0 Å². The minimum atomic E-state index is -0.845. The van der Waals surface area contributed by atoms with Crippen molar-refractivity contribution in [3.05, 3.63) is 65.4 Å². The van der Waals surface area contributed by atoms with Gasteiger partial charge in [0.1, 0.15) is 18.3 Å². The lowest BCUT2D eigenvalue weighted by Crippen LogP contribution is -2.21. The molecule has 0 radical (unpaired) electrons. The molecule has 1 unspecified atom stereocenters. The normalized spacial score (nSPS) is 11.9. The number of benzene rings is 2. The summed E-state index contributed by atoms with van der Waals surface area (Å²) >= 11 is 0. The molecule has 0 aliphatic carbocycles. The summed E-state index contributed by atoms with van der Waals surface area (Å²) in [5, 5.41) is 10.6. The van der Waals surface area contributed by atoms with Crippen LogP contribution in [-0.4, -0.2) is 17.0 Å². The van der Waals surface area contributed by atoms with Gasteiger partial charge in [0.25, 0.3) is 0 Å². The van der Waals surface area contributed by atoms with E-state index >= 15 is 0 Å². The number of nitriles is 1. The smallest absolute Gasteiger partial charge is 0.193 e. The predicted molar refractivity (Wildman–Crippen MR) is 97.7 cm³/mol. The zero-order valence-electron chi connectivity index (χ0n) is 14.6. The van der Waals surface area contributed by atoms with E-state index in [0.29, 0.717) is 11.4 Å². The van der Waals surface area contributed by atoms with E-state index in [-0.39, 0.29) is 12.4 Å². The zero-order valence-corrected chi connectivity index (χ0v) is 14.6. The molecule has 0 saturated carbocycles. The Balaban J connectivity index is 1.83. The maximum atomic E-state index is 12.6. The van der Waals surface area contributed by atoms with Crippen LogP contribution in [-0.2, 0) is 11.8 Å². The van der Waals surface area contributed by atoms with Crippen LogP contribution >= 0.6 is 0 Å². The van der Waals surface area contributed by atoms with Crippen molar-refractivity contribution in [2.75, 3.05) is 6.61 Å². The van der Waals surface area contributed by atoms with Crippen molar-refractivity contribution in [2.45, 2.75) is 19.8 Å². The molecule has 0 aliphatic heterocycles. The van der Waals surface area contributed by atoms with Gasteiger partial charge in [-0.25, -0.2) is 0 Å². The van der Waals surface area contributed by atoms with Gasteiger partial charge in [-0.3, -0.25) is 4.79 Å². The molecule has 4 heteroatoms. The molecule has 1 heterocycles. The Morgan fingerprint density at radius 1 is 1.20 bits per heavy atom. The summed E-state index contributed by atoms with van der Waals surface area (Å²) in [6.07, 6.45) is 0. The highest BCUT2D eigenvalue weighted by Crippen LogP contribution is 2.26. The van der Waals surface area contributed by atoms with E-state index in [1.807, 2.05) is 74.0 Å². The molecule has 0 amide bonds. The third-order valence-corrected chi connectivity index (χ3v) is 4.66. The van der Waals surface area contributed by atoms with Gasteiger partial charge in [0, 0.05) is 18.3 Å². The van der Waals surface area contributed by atoms with E-state index in [0.717, 1.165) is 22.0 Å². The summed E-state index contributed by atoms with van der Waals surface area (Å²) in [5.41, 5.74) is 3.81. The molecule has 3 aromatic rings. The number of rotatable bonds is 5. The van der Waals surface area contributed by atoms with Crippen molar-refractivity contribution >= 4 is 16.7 Å². The average molecular weight is 332 g/mol. The topological polar surface area (TPSA) is 55.0 Å². The molecule has 3 rings (SSSR count). The fourth-order valence-corrected chi connectivity index (χ4v) is 3.00. The Morgan fingerprint density at radius 3 is 2.68 bits per heavy atom. The molecule has 0 saturated heterocycles. The summed E-state index contributed by atoms with van der Waals surface area (Å²) in [4.78, 5) is 12.6. The first-order chi connectivity index (χ1) is 12.0. The van der Waals surface area contributed by atoms with Crippen molar-refractivity contribution in [1.29, 1.82) is 5.26 Å². The van der Waals surface area contributed by atoms with Gasteiger partial charge < -0.3 is 9.30 Å². The van der Waals surface area contributed by atoms with Crippen LogP contribution in [0.15, 0.2) is 48.5 Å². The Morgan fingerprint density at radius 2 is 1.96 bits per heavy atom. The number of ether oxygens (including phenoxy) is 1. The summed E-state index contributed by atoms with van der Waals surface area (Å²) in [5.74, 6) is -0.404. The largest absolute Gasteiger partial charge is 0.485 e. The summed E-state index contributed by atoms with van der Waals surface area (Å²) in [7, 11) is 1.88. The van der Waals surface area contributed by atoms with Crippen molar-refractivity contribution in [3.8, 4) is 11.8 Å². The van der Waals surface area contributed by atoms with Gasteiger partial charge >= 0.3 is 0 Å². The lowest BCUT2D eigenvalue weighted by atomic mass is 10.0. The lowest BCUT2D eigenvalue weighted by molar-refractivity contribution is -0.121. The highest BCUT2D eigenvalue weighted by atomic mass is 16.5. The highest BCUT2D eigenvalue weighted by molar-refractivity contribution is 5.91. The zero-order chi connectivity index (χ0) is 18.0. The average Bonchev–Trinajstić information content (AvgIpc) is 2.94. The van der Waals surface area contributed by atoms with E-state index in [4.69, 9.17) is 4.74 Å². The van der Waals surface area contributed by atoms with Crippen LogP contribution in [0.1, 0.15) is 22.7 Å². The molecule has 126 valence electrons. The third-order valence-electron chi connectivity index (χ3n) is 4.66. The number of nitrogens with zero attached hydrogens (tertiary/aromatic N) is 2. The van der Waals surface area contributed by atoms with Crippen LogP contribution in [0.25, 0.3) is 10.9 Å². The second-order valence-corrected chi connectivity index (χ2v) is 6.20. The van der Waals surface area contributed by atoms with Crippen molar-refractivity contribution in [2.24, 2.45) is 7.05 Å². The van der Waals surface area contributed by atoms with E-state index < -0.39 is 5.92 Å². The molecule has 0 spiro atoms. The van der Waals surface area contributed by atoms with Gasteiger partial charge in [-0.2, -0.15) is 5.26 Å². The van der Waals surface area contributed by atoms with Gasteiger partial charge in [-0.05, 0) is 48.6 Å². The number of hydrogen-bond donors (Lipinski definition) is 0. The Kier molecular flexibility index (Phi) is 4.58. The van der Waals surface area contributed by atoms with E-state index in [9.17, 15) is 10.1 Å². The minimum Gasteiger partial charge on any atom is -0.485 e. The van der Waals surface area contributed by atoms with E-state index in [1.54, 1.807) is 0 Å². The number of carbonyl (C=O) groups excluding carboxylic acids is 1. The maximum Gasteiger partial charge on any atom is 0.193 e. The van der Waals surface area contributed by atoms with Gasteiger partial charge in [-0.15, -0.1) is 0 Å². The SMILES string of the molecule is Cc1cccc(OCC(=O)C(C#N)c2cc3ccccc3n2C)c1C. The van der Waals surface area contributed by atoms with E-state index in [2.05, 4.69) is 6.07 Å². The summed E-state index contributed by atoms with van der Waals surface area (Å²) in [6.45, 7) is 3.84. The number of Topliss-reactive ketones (excluding diaryl/α,β-unsaturated/α-hetero) is 1. The number of carbonyl (C=O) groups is 1. The molecule has 4 nitrogen and oxygen atoms in total. The highest BCUT2D eigenvalue weighted by Gasteiger charge is 2.24. The van der Waals surface area contributed by atoms with Gasteiger partial charge in [0.05, 0.1) is 6.07 Å². The van der Waals surface area contributed by atoms with Crippen molar-refractivity contribution in [1.82, 2.24) is 4.57 Å². The van der Waals surface area contributed by atoms with E-state index in [1.165, 1.54) is 0 Å². The minimum absolute atomic E-state index is 0.121. The number of hydrogen-bond acceptors (Lipinski definition) is 3.